The lowest BCUT2D eigenvalue weighted by Gasteiger charge is -2.47. The van der Waals surface area contributed by atoms with Crippen LogP contribution in [-0.4, -0.2) is 23.2 Å². The number of hydrogen-bond acceptors (Lipinski definition) is 4. The molecule has 0 radical (unpaired) electrons. The molecule has 7 rings (SSSR count). The summed E-state index contributed by atoms with van der Waals surface area (Å²) in [6.07, 6.45) is 3.64. The zero-order valence-electron chi connectivity index (χ0n) is 21.2. The van der Waals surface area contributed by atoms with Gasteiger partial charge in [0.2, 0.25) is 0 Å². The molecule has 1 spiro atoms. The number of hydrogen-bond donors (Lipinski definition) is 0. The maximum absolute atomic E-state index is 13.9. The van der Waals surface area contributed by atoms with Crippen LogP contribution in [0.4, 0.5) is 23.2 Å². The Labute approximate surface area is 237 Å². The molecule has 2 aliphatic carbocycles. The lowest BCUT2D eigenvalue weighted by atomic mass is 9.63. The molecule has 3 aliphatic rings. The molecule has 0 atom stereocenters. The number of pyridine rings is 1. The summed E-state index contributed by atoms with van der Waals surface area (Å²) in [5, 5.41) is 4.82. The largest absolute Gasteiger partial charge is 0.417 e. The molecule has 0 amide bonds. The fourth-order valence-corrected chi connectivity index (χ4v) is 6.81. The van der Waals surface area contributed by atoms with E-state index >= 15 is 0 Å². The highest BCUT2D eigenvalue weighted by atomic mass is 35.5. The quantitative estimate of drug-likeness (QED) is 0.223. The Hall–Kier alpha value is -3.10. The Morgan fingerprint density at radius 2 is 1.68 bits per heavy atom. The van der Waals surface area contributed by atoms with Crippen LogP contribution in [-0.2, 0) is 6.18 Å². The van der Waals surface area contributed by atoms with Gasteiger partial charge in [0.25, 0.3) is 0 Å². The van der Waals surface area contributed by atoms with Crippen molar-refractivity contribution in [1.82, 2.24) is 10.1 Å². The Morgan fingerprint density at radius 3 is 2.33 bits per heavy atom. The predicted molar refractivity (Wildman–Crippen MR) is 147 cm³/mol. The molecule has 1 saturated carbocycles. The number of anilines is 1. The van der Waals surface area contributed by atoms with Gasteiger partial charge in [-0.3, -0.25) is 4.98 Å². The second-order valence-corrected chi connectivity index (χ2v) is 11.9. The highest BCUT2D eigenvalue weighted by Crippen LogP contribution is 2.56. The average molecular weight is 588 g/mol. The van der Waals surface area contributed by atoms with Gasteiger partial charge >= 0.3 is 6.18 Å². The molecule has 1 saturated heterocycles. The summed E-state index contributed by atoms with van der Waals surface area (Å²) in [4.78, 5) is 6.25. The third kappa shape index (κ3) is 4.36. The van der Waals surface area contributed by atoms with Gasteiger partial charge in [-0.05, 0) is 79.5 Å². The molecule has 2 aromatic carbocycles. The van der Waals surface area contributed by atoms with Gasteiger partial charge in [-0.15, -0.1) is 0 Å². The van der Waals surface area contributed by atoms with Crippen molar-refractivity contribution in [2.45, 2.75) is 44.2 Å². The van der Waals surface area contributed by atoms with Gasteiger partial charge in [-0.2, -0.15) is 13.2 Å². The van der Waals surface area contributed by atoms with Crippen LogP contribution in [0.25, 0.3) is 27.7 Å². The number of rotatable bonds is 4. The van der Waals surface area contributed by atoms with Gasteiger partial charge in [0, 0.05) is 47.4 Å². The van der Waals surface area contributed by atoms with Gasteiger partial charge < -0.3 is 9.42 Å². The standard InChI is InChI=1S/C30H23Cl2F4N3O/c31-22-11-18(33)12-23(32)26(22)27-25(28(40-38-27)16-1-2-16)17-14-29(15-17)6-9-39(10-7-29)19-3-4-24-20(13-19)21(5-8-37-24)30(34,35)36/h3-5,8,11-14,16H,1-2,6-7,9-10,15H2. The van der Waals surface area contributed by atoms with Crippen LogP contribution in [0.1, 0.15) is 54.9 Å². The van der Waals surface area contributed by atoms with Crippen LogP contribution in [0.2, 0.25) is 10.0 Å². The summed E-state index contributed by atoms with van der Waals surface area (Å²) < 4.78 is 60.4. The minimum atomic E-state index is -4.44. The minimum Gasteiger partial charge on any atom is -0.371 e. The summed E-state index contributed by atoms with van der Waals surface area (Å²) in [6, 6.07) is 8.59. The van der Waals surface area contributed by atoms with Crippen molar-refractivity contribution >= 4 is 45.4 Å². The summed E-state index contributed by atoms with van der Waals surface area (Å²) in [5.74, 6) is 0.616. The van der Waals surface area contributed by atoms with Crippen LogP contribution in [0.15, 0.2) is 53.2 Å². The molecule has 0 N–H and O–H groups in total. The topological polar surface area (TPSA) is 42.2 Å². The highest BCUT2D eigenvalue weighted by molar-refractivity contribution is 6.39. The number of alkyl halides is 3. The van der Waals surface area contributed by atoms with Crippen LogP contribution in [0.3, 0.4) is 0 Å². The summed E-state index contributed by atoms with van der Waals surface area (Å²) >= 11 is 12.8. The Balaban J connectivity index is 1.15. The first kappa shape index (κ1) is 25.8. The van der Waals surface area contributed by atoms with Crippen LogP contribution < -0.4 is 4.90 Å². The fraction of sp³-hybridized carbons (Fsp3) is 0.333. The summed E-state index contributed by atoms with van der Waals surface area (Å²) in [7, 11) is 0. The van der Waals surface area contributed by atoms with E-state index in [1.165, 1.54) is 18.3 Å². The second-order valence-electron chi connectivity index (χ2n) is 11.0. The molecule has 4 nitrogen and oxygen atoms in total. The monoisotopic (exact) mass is 587 g/mol. The van der Waals surface area contributed by atoms with E-state index in [1.807, 2.05) is 6.07 Å². The summed E-state index contributed by atoms with van der Waals surface area (Å²) in [6.45, 7) is 1.44. The van der Waals surface area contributed by atoms with Crippen LogP contribution in [0.5, 0.6) is 0 Å². The first-order valence-electron chi connectivity index (χ1n) is 13.2. The average Bonchev–Trinajstić information content (AvgIpc) is 3.65. The van der Waals surface area contributed by atoms with Gasteiger partial charge in [-0.1, -0.05) is 34.4 Å². The van der Waals surface area contributed by atoms with Crippen molar-refractivity contribution in [2.24, 2.45) is 5.41 Å². The van der Waals surface area contributed by atoms with E-state index in [9.17, 15) is 17.6 Å². The Bertz CT molecular complexity index is 1660. The van der Waals surface area contributed by atoms with E-state index in [1.54, 1.807) is 12.1 Å². The number of aromatic nitrogens is 2. The van der Waals surface area contributed by atoms with E-state index in [0.29, 0.717) is 22.7 Å². The van der Waals surface area contributed by atoms with E-state index in [0.717, 1.165) is 73.8 Å². The van der Waals surface area contributed by atoms with Crippen molar-refractivity contribution in [1.29, 1.82) is 0 Å². The first-order chi connectivity index (χ1) is 19.1. The minimum absolute atomic E-state index is 0.00683. The van der Waals surface area contributed by atoms with E-state index in [4.69, 9.17) is 27.7 Å². The van der Waals surface area contributed by atoms with Gasteiger partial charge in [0.05, 0.1) is 21.1 Å². The lowest BCUT2D eigenvalue weighted by Crippen LogP contribution is -2.42. The van der Waals surface area contributed by atoms with Gasteiger partial charge in [0.15, 0.2) is 0 Å². The predicted octanol–water partition coefficient (Wildman–Crippen LogP) is 9.31. The maximum Gasteiger partial charge on any atom is 0.417 e. The smallest absolute Gasteiger partial charge is 0.371 e. The number of benzene rings is 2. The van der Waals surface area contributed by atoms with Crippen molar-refractivity contribution in [3.8, 4) is 11.3 Å². The van der Waals surface area contributed by atoms with Gasteiger partial charge in [-0.25, -0.2) is 4.39 Å². The molecule has 0 unspecified atom stereocenters. The van der Waals surface area contributed by atoms with E-state index in [2.05, 4.69) is 21.1 Å². The molecule has 2 fully saturated rings. The maximum atomic E-state index is 13.9. The molecular weight excluding hydrogens is 565 g/mol. The molecule has 3 heterocycles. The van der Waals surface area contributed by atoms with Gasteiger partial charge in [0.1, 0.15) is 17.3 Å². The highest BCUT2D eigenvalue weighted by Gasteiger charge is 2.44. The zero-order valence-corrected chi connectivity index (χ0v) is 22.7. The van der Waals surface area contributed by atoms with Crippen LogP contribution >= 0.6 is 23.2 Å². The number of piperidine rings is 1. The van der Waals surface area contributed by atoms with Crippen molar-refractivity contribution in [3.05, 3.63) is 81.4 Å². The number of halogens is 6. The summed E-state index contributed by atoms with van der Waals surface area (Å²) in [5.41, 5.74) is 3.46. The Kier molecular flexibility index (Phi) is 5.95. The zero-order chi connectivity index (χ0) is 27.8. The lowest BCUT2D eigenvalue weighted by molar-refractivity contribution is -0.136. The molecule has 0 bridgehead atoms. The third-order valence-electron chi connectivity index (χ3n) is 8.41. The number of nitrogens with zero attached hydrogens (tertiary/aromatic N) is 3. The van der Waals surface area contributed by atoms with Crippen molar-refractivity contribution in [3.63, 3.8) is 0 Å². The van der Waals surface area contributed by atoms with Crippen LogP contribution in [0, 0.1) is 11.2 Å². The normalized spacial score (nSPS) is 18.8. The third-order valence-corrected chi connectivity index (χ3v) is 9.01. The fourth-order valence-electron chi connectivity index (χ4n) is 6.17. The van der Waals surface area contributed by atoms with E-state index < -0.39 is 17.6 Å². The molecule has 2 aromatic heterocycles. The van der Waals surface area contributed by atoms with E-state index in [-0.39, 0.29) is 20.8 Å². The molecular formula is C30H23Cl2F4N3O. The first-order valence-corrected chi connectivity index (χ1v) is 13.9. The molecule has 206 valence electrons. The number of allylic oxidation sites excluding steroid dienone is 2. The van der Waals surface area contributed by atoms with Crippen molar-refractivity contribution in [2.75, 3.05) is 18.0 Å². The van der Waals surface area contributed by atoms with Crippen molar-refractivity contribution < 1.29 is 22.1 Å². The molecule has 1 aliphatic heterocycles. The number of fused-ring (bicyclic) bond motifs is 1. The molecule has 4 aromatic rings. The SMILES string of the molecule is Fc1cc(Cl)c(-c2noc(C3CC3)c2C2=CC3(CCN(c4ccc5nccc(C(F)(F)F)c5c4)CC3)C2)c(Cl)c1. The Morgan fingerprint density at radius 1 is 0.975 bits per heavy atom. The second kappa shape index (κ2) is 9.21. The molecule has 40 heavy (non-hydrogen) atoms. The molecule has 10 heteroatoms.